The van der Waals surface area contributed by atoms with E-state index in [-0.39, 0.29) is 5.91 Å². The lowest BCUT2D eigenvalue weighted by atomic mass is 10.1. The molecule has 2 rings (SSSR count). The second-order valence-corrected chi connectivity index (χ2v) is 6.28. The van der Waals surface area contributed by atoms with Gasteiger partial charge in [-0.05, 0) is 49.1 Å². The van der Waals surface area contributed by atoms with Crippen molar-refractivity contribution in [3.05, 3.63) is 60.2 Å². The number of carbonyl (C=O) groups is 1. The third-order valence-electron chi connectivity index (χ3n) is 3.98. The SMILES string of the molecule is CN(C)c1ccc(CCCNC(=O)CCCOc2ccccc2)cc1. The van der Waals surface area contributed by atoms with Crippen molar-refractivity contribution in [3.8, 4) is 5.75 Å². The standard InChI is InChI=1S/C21H28N2O2/c1-23(2)19-14-12-18(13-15-19)8-6-16-22-21(24)11-7-17-25-20-9-4-3-5-10-20/h3-5,9-10,12-15H,6-8,11,16-17H2,1-2H3,(H,22,24). The summed E-state index contributed by atoms with van der Waals surface area (Å²) in [4.78, 5) is 13.9. The van der Waals surface area contributed by atoms with Crippen molar-refractivity contribution >= 4 is 11.6 Å². The van der Waals surface area contributed by atoms with Gasteiger partial charge in [0.1, 0.15) is 5.75 Å². The largest absolute Gasteiger partial charge is 0.494 e. The minimum Gasteiger partial charge on any atom is -0.494 e. The highest BCUT2D eigenvalue weighted by atomic mass is 16.5. The van der Waals surface area contributed by atoms with Gasteiger partial charge < -0.3 is 15.0 Å². The summed E-state index contributed by atoms with van der Waals surface area (Å²) < 4.78 is 5.58. The fraction of sp³-hybridized carbons (Fsp3) is 0.381. The van der Waals surface area contributed by atoms with Gasteiger partial charge in [0, 0.05) is 32.7 Å². The van der Waals surface area contributed by atoms with Crippen LogP contribution < -0.4 is 15.0 Å². The van der Waals surface area contributed by atoms with Gasteiger partial charge in [0.25, 0.3) is 0 Å². The average molecular weight is 340 g/mol. The number of ether oxygens (including phenoxy) is 1. The highest BCUT2D eigenvalue weighted by molar-refractivity contribution is 5.75. The van der Waals surface area contributed by atoms with Crippen LogP contribution in [0.2, 0.25) is 0 Å². The molecule has 0 fully saturated rings. The molecule has 0 saturated heterocycles. The van der Waals surface area contributed by atoms with Crippen molar-refractivity contribution in [2.45, 2.75) is 25.7 Å². The normalized spacial score (nSPS) is 10.3. The monoisotopic (exact) mass is 340 g/mol. The molecule has 1 amide bonds. The summed E-state index contributed by atoms with van der Waals surface area (Å²) >= 11 is 0. The van der Waals surface area contributed by atoms with Crippen molar-refractivity contribution in [1.82, 2.24) is 5.32 Å². The fourth-order valence-corrected chi connectivity index (χ4v) is 2.51. The second-order valence-electron chi connectivity index (χ2n) is 6.28. The summed E-state index contributed by atoms with van der Waals surface area (Å²) in [6.45, 7) is 1.28. The summed E-state index contributed by atoms with van der Waals surface area (Å²) in [6.07, 6.45) is 3.16. The Kier molecular flexibility index (Phi) is 7.83. The Morgan fingerprint density at radius 1 is 1.00 bits per heavy atom. The molecule has 0 aromatic heterocycles. The van der Waals surface area contributed by atoms with Crippen molar-refractivity contribution < 1.29 is 9.53 Å². The van der Waals surface area contributed by atoms with Crippen LogP contribution in [0, 0.1) is 0 Å². The molecular formula is C21H28N2O2. The predicted octanol–water partition coefficient (Wildman–Crippen LogP) is 3.66. The minimum atomic E-state index is 0.0969. The van der Waals surface area contributed by atoms with Crippen LogP contribution in [-0.4, -0.2) is 33.2 Å². The highest BCUT2D eigenvalue weighted by Crippen LogP contribution is 2.13. The van der Waals surface area contributed by atoms with E-state index in [0.717, 1.165) is 25.0 Å². The summed E-state index contributed by atoms with van der Waals surface area (Å²) in [5, 5.41) is 2.98. The lowest BCUT2D eigenvalue weighted by Gasteiger charge is -2.12. The molecule has 2 aromatic carbocycles. The Labute approximate surface area is 150 Å². The maximum absolute atomic E-state index is 11.8. The summed E-state index contributed by atoms with van der Waals surface area (Å²) in [5.74, 6) is 0.947. The van der Waals surface area contributed by atoms with E-state index in [9.17, 15) is 4.79 Å². The Morgan fingerprint density at radius 3 is 2.40 bits per heavy atom. The van der Waals surface area contributed by atoms with Crippen LogP contribution in [0.15, 0.2) is 54.6 Å². The van der Waals surface area contributed by atoms with Crippen molar-refractivity contribution in [1.29, 1.82) is 0 Å². The van der Waals surface area contributed by atoms with Gasteiger partial charge in [-0.3, -0.25) is 4.79 Å². The van der Waals surface area contributed by atoms with Gasteiger partial charge >= 0.3 is 0 Å². The number of para-hydroxylation sites is 1. The number of nitrogens with one attached hydrogen (secondary N) is 1. The summed E-state index contributed by atoms with van der Waals surface area (Å²) in [7, 11) is 4.07. The first kappa shape index (κ1) is 18.8. The number of aryl methyl sites for hydroxylation is 1. The number of hydrogen-bond donors (Lipinski definition) is 1. The number of nitrogens with zero attached hydrogens (tertiary/aromatic N) is 1. The molecular weight excluding hydrogens is 312 g/mol. The Morgan fingerprint density at radius 2 is 1.72 bits per heavy atom. The van der Waals surface area contributed by atoms with Crippen molar-refractivity contribution in [3.63, 3.8) is 0 Å². The highest BCUT2D eigenvalue weighted by Gasteiger charge is 2.02. The van der Waals surface area contributed by atoms with Crippen LogP contribution in [0.3, 0.4) is 0 Å². The summed E-state index contributed by atoms with van der Waals surface area (Å²) in [5.41, 5.74) is 2.51. The lowest BCUT2D eigenvalue weighted by Crippen LogP contribution is -2.24. The van der Waals surface area contributed by atoms with Crippen LogP contribution in [0.5, 0.6) is 5.75 Å². The maximum Gasteiger partial charge on any atom is 0.220 e. The van der Waals surface area contributed by atoms with Crippen LogP contribution in [0.25, 0.3) is 0 Å². The number of hydrogen-bond acceptors (Lipinski definition) is 3. The molecule has 134 valence electrons. The molecule has 0 atom stereocenters. The van der Waals surface area contributed by atoms with Gasteiger partial charge in [-0.2, -0.15) is 0 Å². The fourth-order valence-electron chi connectivity index (χ4n) is 2.51. The van der Waals surface area contributed by atoms with E-state index in [0.29, 0.717) is 19.6 Å². The zero-order chi connectivity index (χ0) is 17.9. The molecule has 0 bridgehead atoms. The van der Waals surface area contributed by atoms with Gasteiger partial charge in [-0.25, -0.2) is 0 Å². The molecule has 0 radical (unpaired) electrons. The number of benzene rings is 2. The maximum atomic E-state index is 11.8. The van der Waals surface area contributed by atoms with Gasteiger partial charge in [0.15, 0.2) is 0 Å². The van der Waals surface area contributed by atoms with Crippen LogP contribution in [0.4, 0.5) is 5.69 Å². The lowest BCUT2D eigenvalue weighted by molar-refractivity contribution is -0.121. The predicted molar refractivity (Wildman–Crippen MR) is 103 cm³/mol. The van der Waals surface area contributed by atoms with Gasteiger partial charge in [-0.15, -0.1) is 0 Å². The average Bonchev–Trinajstić information content (AvgIpc) is 2.63. The zero-order valence-corrected chi connectivity index (χ0v) is 15.2. The van der Waals surface area contributed by atoms with Gasteiger partial charge in [-0.1, -0.05) is 30.3 Å². The number of anilines is 1. The third-order valence-corrected chi connectivity index (χ3v) is 3.98. The van der Waals surface area contributed by atoms with E-state index >= 15 is 0 Å². The van der Waals surface area contributed by atoms with E-state index in [1.54, 1.807) is 0 Å². The molecule has 0 aliphatic rings. The molecule has 2 aromatic rings. The first-order chi connectivity index (χ1) is 12.1. The Balaban J connectivity index is 1.53. The van der Waals surface area contributed by atoms with Crippen LogP contribution >= 0.6 is 0 Å². The molecule has 0 spiro atoms. The van der Waals surface area contributed by atoms with E-state index in [4.69, 9.17) is 4.74 Å². The smallest absolute Gasteiger partial charge is 0.220 e. The molecule has 25 heavy (non-hydrogen) atoms. The first-order valence-electron chi connectivity index (χ1n) is 8.86. The molecule has 0 heterocycles. The van der Waals surface area contributed by atoms with E-state index in [1.807, 2.05) is 44.4 Å². The minimum absolute atomic E-state index is 0.0969. The van der Waals surface area contributed by atoms with E-state index in [1.165, 1.54) is 11.3 Å². The molecule has 4 heteroatoms. The second kappa shape index (κ2) is 10.4. The van der Waals surface area contributed by atoms with Crippen LogP contribution in [0.1, 0.15) is 24.8 Å². The topological polar surface area (TPSA) is 41.6 Å². The molecule has 0 saturated carbocycles. The molecule has 0 aliphatic heterocycles. The zero-order valence-electron chi connectivity index (χ0n) is 15.2. The van der Waals surface area contributed by atoms with E-state index < -0.39 is 0 Å². The molecule has 4 nitrogen and oxygen atoms in total. The van der Waals surface area contributed by atoms with Crippen molar-refractivity contribution in [2.24, 2.45) is 0 Å². The molecule has 1 N–H and O–H groups in total. The first-order valence-corrected chi connectivity index (χ1v) is 8.86. The van der Waals surface area contributed by atoms with Crippen molar-refractivity contribution in [2.75, 3.05) is 32.1 Å². The number of rotatable bonds is 10. The van der Waals surface area contributed by atoms with Gasteiger partial charge in [0.2, 0.25) is 5.91 Å². The number of carbonyl (C=O) groups excluding carboxylic acids is 1. The quantitative estimate of drug-likeness (QED) is 0.671. The number of amides is 1. The van der Waals surface area contributed by atoms with Gasteiger partial charge in [0.05, 0.1) is 6.61 Å². The van der Waals surface area contributed by atoms with Crippen LogP contribution in [-0.2, 0) is 11.2 Å². The molecule has 0 aliphatic carbocycles. The van der Waals surface area contributed by atoms with E-state index in [2.05, 4.69) is 34.5 Å². The Hall–Kier alpha value is -2.49. The molecule has 0 unspecified atom stereocenters. The third kappa shape index (κ3) is 7.29. The summed E-state index contributed by atoms with van der Waals surface area (Å²) in [6, 6.07) is 18.2. The Bertz CT molecular complexity index is 624.